The summed E-state index contributed by atoms with van der Waals surface area (Å²) in [4.78, 5) is 10.6. The van der Waals surface area contributed by atoms with Crippen molar-refractivity contribution in [3.8, 4) is 0 Å². The summed E-state index contributed by atoms with van der Waals surface area (Å²) in [5.74, 6) is 0.704. The summed E-state index contributed by atoms with van der Waals surface area (Å²) in [5.41, 5.74) is -0.380. The molecule has 0 spiro atoms. The van der Waals surface area contributed by atoms with E-state index in [4.69, 9.17) is 0 Å². The van der Waals surface area contributed by atoms with Crippen LogP contribution in [0.3, 0.4) is 0 Å². The Labute approximate surface area is 69.4 Å². The molecule has 0 saturated heterocycles. The van der Waals surface area contributed by atoms with Gasteiger partial charge in [0.05, 0.1) is 0 Å². The fourth-order valence-corrected chi connectivity index (χ4v) is 1.18. The predicted octanol–water partition coefficient (Wildman–Crippen LogP) is 3.21. The Balaban J connectivity index is 4.44. The van der Waals surface area contributed by atoms with Gasteiger partial charge >= 0.3 is 0 Å². The third kappa shape index (κ3) is 2.01. The van der Waals surface area contributed by atoms with E-state index in [0.29, 0.717) is 11.8 Å². The number of hydrogen-bond acceptors (Lipinski definition) is 2. The lowest BCUT2D eigenvalue weighted by atomic mass is 9.77. The lowest BCUT2D eigenvalue weighted by Crippen LogP contribution is -2.35. The molecule has 2 nitrogen and oxygen atoms in total. The quantitative estimate of drug-likeness (QED) is 0.576. The van der Waals surface area contributed by atoms with Crippen molar-refractivity contribution in [3.63, 3.8) is 0 Å². The van der Waals surface area contributed by atoms with Crippen LogP contribution in [-0.2, 0) is 0 Å². The van der Waals surface area contributed by atoms with E-state index in [1.807, 2.05) is 20.8 Å². The Bertz CT molecular complexity index is 134. The van der Waals surface area contributed by atoms with Gasteiger partial charge in [-0.2, -0.15) is 4.91 Å². The normalized spacial score (nSPS) is 19.5. The third-order valence-corrected chi connectivity index (χ3v) is 2.98. The van der Waals surface area contributed by atoms with Gasteiger partial charge in [0.1, 0.15) is 5.54 Å². The summed E-state index contributed by atoms with van der Waals surface area (Å²) >= 11 is 0. The van der Waals surface area contributed by atoms with Crippen molar-refractivity contribution in [3.05, 3.63) is 4.91 Å². The average molecular weight is 157 g/mol. The molecule has 0 bridgehead atoms. The van der Waals surface area contributed by atoms with E-state index in [9.17, 15) is 4.91 Å². The molecular weight excluding hydrogens is 138 g/mol. The summed E-state index contributed by atoms with van der Waals surface area (Å²) in [6.07, 6.45) is 1.01. The van der Waals surface area contributed by atoms with E-state index in [-0.39, 0.29) is 5.54 Å². The maximum atomic E-state index is 10.6. The molecule has 0 radical (unpaired) electrons. The molecule has 0 fully saturated rings. The molecule has 2 atom stereocenters. The molecule has 66 valence electrons. The second kappa shape index (κ2) is 3.84. The minimum Gasteiger partial charge on any atom is -0.150 e. The minimum atomic E-state index is -0.380. The first kappa shape index (κ1) is 10.6. The van der Waals surface area contributed by atoms with Crippen molar-refractivity contribution >= 4 is 0 Å². The highest BCUT2D eigenvalue weighted by molar-refractivity contribution is 4.89. The Morgan fingerprint density at radius 1 is 1.36 bits per heavy atom. The van der Waals surface area contributed by atoms with Gasteiger partial charge < -0.3 is 0 Å². The first-order chi connectivity index (χ1) is 4.99. The van der Waals surface area contributed by atoms with Gasteiger partial charge in [-0.3, -0.25) is 0 Å². The Morgan fingerprint density at radius 2 is 1.82 bits per heavy atom. The molecule has 2 unspecified atom stereocenters. The van der Waals surface area contributed by atoms with Crippen LogP contribution >= 0.6 is 0 Å². The third-order valence-electron chi connectivity index (χ3n) is 2.98. The lowest BCUT2D eigenvalue weighted by molar-refractivity contribution is 0.229. The van der Waals surface area contributed by atoms with Gasteiger partial charge in [-0.15, -0.1) is 0 Å². The van der Waals surface area contributed by atoms with Gasteiger partial charge in [-0.1, -0.05) is 39.3 Å². The predicted molar refractivity (Wildman–Crippen MR) is 48.5 cm³/mol. The maximum absolute atomic E-state index is 10.6. The van der Waals surface area contributed by atoms with Crippen LogP contribution in [0.5, 0.6) is 0 Å². The molecular formula is C9H19NO. The van der Waals surface area contributed by atoms with Crippen molar-refractivity contribution in [1.82, 2.24) is 0 Å². The van der Waals surface area contributed by atoms with E-state index in [1.54, 1.807) is 0 Å². The fourth-order valence-electron chi connectivity index (χ4n) is 1.18. The first-order valence-corrected chi connectivity index (χ1v) is 4.33. The van der Waals surface area contributed by atoms with Crippen LogP contribution in [0.25, 0.3) is 0 Å². The van der Waals surface area contributed by atoms with Crippen molar-refractivity contribution in [2.24, 2.45) is 17.0 Å². The number of nitrogens with zero attached hydrogens (tertiary/aromatic N) is 1. The first-order valence-electron chi connectivity index (χ1n) is 4.33. The summed E-state index contributed by atoms with van der Waals surface area (Å²) in [7, 11) is 0. The van der Waals surface area contributed by atoms with Gasteiger partial charge in [0, 0.05) is 0 Å². The van der Waals surface area contributed by atoms with Crippen LogP contribution in [0.1, 0.15) is 41.0 Å². The molecule has 0 aliphatic heterocycles. The number of nitroso groups, excluding NO2 is 1. The largest absolute Gasteiger partial charge is 0.150 e. The summed E-state index contributed by atoms with van der Waals surface area (Å²) in [6.45, 7) is 10.2. The molecule has 2 heteroatoms. The molecule has 0 aromatic carbocycles. The molecule has 0 aromatic heterocycles. The monoisotopic (exact) mass is 157 g/mol. The second-order valence-corrected chi connectivity index (χ2v) is 3.78. The second-order valence-electron chi connectivity index (χ2n) is 3.78. The molecule has 0 rings (SSSR count). The fraction of sp³-hybridized carbons (Fsp3) is 1.00. The Hall–Kier alpha value is -0.400. The van der Waals surface area contributed by atoms with Gasteiger partial charge in [0.15, 0.2) is 0 Å². The van der Waals surface area contributed by atoms with Crippen LogP contribution < -0.4 is 0 Å². The van der Waals surface area contributed by atoms with E-state index >= 15 is 0 Å². The van der Waals surface area contributed by atoms with E-state index in [1.165, 1.54) is 0 Å². The lowest BCUT2D eigenvalue weighted by Gasteiger charge is -2.31. The molecule has 0 saturated carbocycles. The molecule has 0 heterocycles. The summed E-state index contributed by atoms with van der Waals surface area (Å²) in [5, 5.41) is 3.24. The van der Waals surface area contributed by atoms with E-state index < -0.39 is 0 Å². The SMILES string of the molecule is CCC(C)C(C)(N=O)C(C)C. The van der Waals surface area contributed by atoms with Crippen LogP contribution in [0.2, 0.25) is 0 Å². The highest BCUT2D eigenvalue weighted by atomic mass is 16.3. The van der Waals surface area contributed by atoms with Crippen LogP contribution in [-0.4, -0.2) is 5.54 Å². The topological polar surface area (TPSA) is 29.4 Å². The molecule has 11 heavy (non-hydrogen) atoms. The van der Waals surface area contributed by atoms with E-state index in [2.05, 4.69) is 19.0 Å². The molecule has 0 N–H and O–H groups in total. The van der Waals surface area contributed by atoms with Crippen LogP contribution in [0, 0.1) is 16.7 Å². The average Bonchev–Trinajstić information content (AvgIpc) is 2.01. The van der Waals surface area contributed by atoms with Crippen LogP contribution in [0.4, 0.5) is 0 Å². The molecule has 0 amide bonds. The minimum absolute atomic E-state index is 0.329. The standard InChI is InChI=1S/C9H19NO/c1-6-8(4)9(5,10-11)7(2)3/h7-8H,6H2,1-5H3. The van der Waals surface area contributed by atoms with Gasteiger partial charge in [0.25, 0.3) is 0 Å². The van der Waals surface area contributed by atoms with Gasteiger partial charge in [0.2, 0.25) is 0 Å². The highest BCUT2D eigenvalue weighted by Crippen LogP contribution is 2.31. The van der Waals surface area contributed by atoms with Crippen molar-refractivity contribution in [1.29, 1.82) is 0 Å². The number of hydrogen-bond donors (Lipinski definition) is 0. The zero-order valence-corrected chi connectivity index (χ0v) is 8.22. The Kier molecular flexibility index (Phi) is 3.70. The zero-order chi connectivity index (χ0) is 9.07. The highest BCUT2D eigenvalue weighted by Gasteiger charge is 2.34. The van der Waals surface area contributed by atoms with Crippen molar-refractivity contribution in [2.75, 3.05) is 0 Å². The van der Waals surface area contributed by atoms with Crippen molar-refractivity contribution in [2.45, 2.75) is 46.6 Å². The van der Waals surface area contributed by atoms with E-state index in [0.717, 1.165) is 6.42 Å². The van der Waals surface area contributed by atoms with Crippen LogP contribution in [0.15, 0.2) is 5.18 Å². The zero-order valence-electron chi connectivity index (χ0n) is 8.22. The summed E-state index contributed by atoms with van der Waals surface area (Å²) in [6, 6.07) is 0. The smallest absolute Gasteiger partial charge is 0.105 e. The van der Waals surface area contributed by atoms with Crippen molar-refractivity contribution < 1.29 is 0 Å². The maximum Gasteiger partial charge on any atom is 0.105 e. The Morgan fingerprint density at radius 3 is 1.91 bits per heavy atom. The molecule has 0 aliphatic carbocycles. The van der Waals surface area contributed by atoms with Gasteiger partial charge in [-0.25, -0.2) is 0 Å². The number of rotatable bonds is 4. The summed E-state index contributed by atoms with van der Waals surface area (Å²) < 4.78 is 0. The molecule has 0 aliphatic rings. The van der Waals surface area contributed by atoms with Gasteiger partial charge in [-0.05, 0) is 18.8 Å². The molecule has 0 aromatic rings.